The molecule has 0 atom stereocenters. The largest absolute Gasteiger partial charge is 0.496 e. The molecule has 0 aliphatic rings. The van der Waals surface area contributed by atoms with Crippen molar-refractivity contribution in [1.82, 2.24) is 10.6 Å². The number of carboxylic acids is 1. The molecule has 0 unspecified atom stereocenters. The molecule has 0 heterocycles. The highest BCUT2D eigenvalue weighted by Crippen LogP contribution is 2.16. The minimum atomic E-state index is -0.865. The third-order valence-electron chi connectivity index (χ3n) is 2.48. The number of carbonyl (C=O) groups is 2. The molecule has 0 spiro atoms. The van der Waals surface area contributed by atoms with E-state index in [1.165, 1.54) is 0 Å². The maximum absolute atomic E-state index is 11.5. The third kappa shape index (κ3) is 5.76. The van der Waals surface area contributed by atoms with Crippen molar-refractivity contribution in [1.29, 1.82) is 0 Å². The zero-order valence-electron chi connectivity index (χ0n) is 10.8. The van der Waals surface area contributed by atoms with Gasteiger partial charge in [-0.15, -0.1) is 0 Å². The van der Waals surface area contributed by atoms with Crippen molar-refractivity contribution in [3.8, 4) is 5.75 Å². The molecule has 104 valence electrons. The van der Waals surface area contributed by atoms with E-state index in [2.05, 4.69) is 10.6 Å². The lowest BCUT2D eigenvalue weighted by atomic mass is 10.2. The molecule has 6 heteroatoms. The van der Waals surface area contributed by atoms with E-state index < -0.39 is 5.97 Å². The number of amides is 2. The van der Waals surface area contributed by atoms with Gasteiger partial charge >= 0.3 is 12.0 Å². The molecule has 0 aromatic heterocycles. The summed E-state index contributed by atoms with van der Waals surface area (Å²) in [6.45, 7) is 0.693. The molecule has 3 N–H and O–H groups in total. The van der Waals surface area contributed by atoms with Gasteiger partial charge in [0.2, 0.25) is 0 Å². The fourth-order valence-electron chi connectivity index (χ4n) is 1.53. The summed E-state index contributed by atoms with van der Waals surface area (Å²) in [5, 5.41) is 13.7. The first kappa shape index (κ1) is 14.8. The zero-order valence-corrected chi connectivity index (χ0v) is 10.8. The molecular weight excluding hydrogens is 248 g/mol. The lowest BCUT2D eigenvalue weighted by Gasteiger charge is -2.10. The molecule has 1 aromatic rings. The summed E-state index contributed by atoms with van der Waals surface area (Å²) in [6, 6.07) is 7.08. The average molecular weight is 266 g/mol. The van der Waals surface area contributed by atoms with E-state index in [9.17, 15) is 9.59 Å². The van der Waals surface area contributed by atoms with Crippen LogP contribution in [0.5, 0.6) is 5.75 Å². The number of methoxy groups -OCH3 is 1. The molecule has 1 aromatic carbocycles. The predicted molar refractivity (Wildman–Crippen MR) is 70.1 cm³/mol. The Bertz CT molecular complexity index is 434. The Morgan fingerprint density at radius 3 is 2.68 bits per heavy atom. The van der Waals surface area contributed by atoms with Crippen LogP contribution in [0.15, 0.2) is 24.3 Å². The number of para-hydroxylation sites is 1. The van der Waals surface area contributed by atoms with Gasteiger partial charge in [-0.25, -0.2) is 4.79 Å². The Labute approximate surface area is 111 Å². The van der Waals surface area contributed by atoms with Gasteiger partial charge in [0.15, 0.2) is 0 Å². The number of carboxylic acid groups (broad SMARTS) is 1. The second kappa shape index (κ2) is 7.97. The number of hydrogen-bond donors (Lipinski definition) is 3. The van der Waals surface area contributed by atoms with Gasteiger partial charge in [-0.05, 0) is 12.5 Å². The van der Waals surface area contributed by atoms with Crippen LogP contribution in [0.3, 0.4) is 0 Å². The van der Waals surface area contributed by atoms with Crippen molar-refractivity contribution in [3.63, 3.8) is 0 Å². The van der Waals surface area contributed by atoms with Crippen LogP contribution in [0.2, 0.25) is 0 Å². The molecule has 0 aliphatic heterocycles. The van der Waals surface area contributed by atoms with Gasteiger partial charge in [0, 0.05) is 25.1 Å². The minimum Gasteiger partial charge on any atom is -0.496 e. The standard InChI is InChI=1S/C13H18N2O4/c1-19-11-6-3-2-5-10(11)9-15-13(18)14-8-4-7-12(16)17/h2-3,5-6H,4,7-9H2,1H3,(H,16,17)(H2,14,15,18). The third-order valence-corrected chi connectivity index (χ3v) is 2.48. The molecule has 1 rings (SSSR count). The highest BCUT2D eigenvalue weighted by molar-refractivity contribution is 5.74. The SMILES string of the molecule is COc1ccccc1CNC(=O)NCCCC(=O)O. The quantitative estimate of drug-likeness (QED) is 0.650. The van der Waals surface area contributed by atoms with Crippen LogP contribution in [-0.2, 0) is 11.3 Å². The van der Waals surface area contributed by atoms with Gasteiger partial charge in [0.25, 0.3) is 0 Å². The highest BCUT2D eigenvalue weighted by atomic mass is 16.5. The maximum Gasteiger partial charge on any atom is 0.315 e. The van der Waals surface area contributed by atoms with Crippen LogP contribution >= 0.6 is 0 Å². The monoisotopic (exact) mass is 266 g/mol. The summed E-state index contributed by atoms with van der Waals surface area (Å²) in [5.41, 5.74) is 0.880. The highest BCUT2D eigenvalue weighted by Gasteiger charge is 2.04. The second-order valence-electron chi connectivity index (χ2n) is 3.92. The maximum atomic E-state index is 11.5. The van der Waals surface area contributed by atoms with Crippen LogP contribution in [0.25, 0.3) is 0 Å². The van der Waals surface area contributed by atoms with Crippen LogP contribution in [-0.4, -0.2) is 30.8 Å². The van der Waals surface area contributed by atoms with Crippen LogP contribution in [0, 0.1) is 0 Å². The number of nitrogens with one attached hydrogen (secondary N) is 2. The Balaban J connectivity index is 2.28. The molecule has 19 heavy (non-hydrogen) atoms. The number of ether oxygens (including phenoxy) is 1. The molecule has 2 amide bonds. The van der Waals surface area contributed by atoms with E-state index in [1.807, 2.05) is 24.3 Å². The van der Waals surface area contributed by atoms with Gasteiger partial charge in [0.05, 0.1) is 7.11 Å². The van der Waals surface area contributed by atoms with Crippen LogP contribution in [0.4, 0.5) is 4.79 Å². The zero-order chi connectivity index (χ0) is 14.1. The van der Waals surface area contributed by atoms with Crippen molar-refractivity contribution in [3.05, 3.63) is 29.8 Å². The van der Waals surface area contributed by atoms with Gasteiger partial charge < -0.3 is 20.5 Å². The first-order chi connectivity index (χ1) is 9.13. The van der Waals surface area contributed by atoms with E-state index in [4.69, 9.17) is 9.84 Å². The first-order valence-corrected chi connectivity index (χ1v) is 5.99. The minimum absolute atomic E-state index is 0.0484. The van der Waals surface area contributed by atoms with Gasteiger partial charge in [-0.3, -0.25) is 4.79 Å². The molecule has 0 radical (unpaired) electrons. The van der Waals surface area contributed by atoms with Gasteiger partial charge in [-0.1, -0.05) is 18.2 Å². The summed E-state index contributed by atoms with van der Waals surface area (Å²) in [5.74, 6) is -0.148. The normalized spacial score (nSPS) is 9.74. The molecule has 0 bridgehead atoms. The van der Waals surface area contributed by atoms with E-state index in [-0.39, 0.29) is 12.5 Å². The van der Waals surface area contributed by atoms with E-state index in [0.717, 1.165) is 5.56 Å². The summed E-state index contributed by atoms with van der Waals surface area (Å²) < 4.78 is 5.17. The smallest absolute Gasteiger partial charge is 0.315 e. The number of rotatable bonds is 7. The molecule has 0 aliphatic carbocycles. The fraction of sp³-hybridized carbons (Fsp3) is 0.385. The summed E-state index contributed by atoms with van der Waals surface area (Å²) in [7, 11) is 1.57. The Hall–Kier alpha value is -2.24. The molecular formula is C13H18N2O4. The van der Waals surface area contributed by atoms with Crippen LogP contribution < -0.4 is 15.4 Å². The predicted octanol–water partition coefficient (Wildman–Crippen LogP) is 1.36. The Kier molecular flexibility index (Phi) is 6.21. The second-order valence-corrected chi connectivity index (χ2v) is 3.92. The molecule has 0 fully saturated rings. The summed E-state index contributed by atoms with van der Waals surface area (Å²) >= 11 is 0. The summed E-state index contributed by atoms with van der Waals surface area (Å²) in [6.07, 6.45) is 0.462. The fourth-order valence-corrected chi connectivity index (χ4v) is 1.53. The number of carbonyl (C=O) groups excluding carboxylic acids is 1. The van der Waals surface area contributed by atoms with Crippen molar-refractivity contribution in [2.75, 3.05) is 13.7 Å². The van der Waals surface area contributed by atoms with E-state index in [0.29, 0.717) is 25.3 Å². The van der Waals surface area contributed by atoms with Gasteiger partial charge in [0.1, 0.15) is 5.75 Å². The number of benzene rings is 1. The van der Waals surface area contributed by atoms with Crippen molar-refractivity contribution >= 4 is 12.0 Å². The van der Waals surface area contributed by atoms with Crippen molar-refractivity contribution in [2.45, 2.75) is 19.4 Å². The first-order valence-electron chi connectivity index (χ1n) is 5.99. The van der Waals surface area contributed by atoms with E-state index in [1.54, 1.807) is 7.11 Å². The molecule has 0 saturated carbocycles. The van der Waals surface area contributed by atoms with Crippen molar-refractivity contribution < 1.29 is 19.4 Å². The Morgan fingerprint density at radius 1 is 1.26 bits per heavy atom. The lowest BCUT2D eigenvalue weighted by molar-refractivity contribution is -0.137. The van der Waals surface area contributed by atoms with Gasteiger partial charge in [-0.2, -0.15) is 0 Å². The van der Waals surface area contributed by atoms with Crippen molar-refractivity contribution in [2.24, 2.45) is 0 Å². The number of aliphatic carboxylic acids is 1. The number of urea groups is 1. The average Bonchev–Trinajstić information content (AvgIpc) is 2.41. The van der Waals surface area contributed by atoms with Crippen LogP contribution in [0.1, 0.15) is 18.4 Å². The number of hydrogen-bond acceptors (Lipinski definition) is 3. The molecule has 0 saturated heterocycles. The lowest BCUT2D eigenvalue weighted by Crippen LogP contribution is -2.35. The molecule has 6 nitrogen and oxygen atoms in total. The van der Waals surface area contributed by atoms with E-state index >= 15 is 0 Å². The summed E-state index contributed by atoms with van der Waals surface area (Å²) in [4.78, 5) is 21.7. The Morgan fingerprint density at radius 2 is 2.00 bits per heavy atom. The topological polar surface area (TPSA) is 87.7 Å².